The summed E-state index contributed by atoms with van der Waals surface area (Å²) in [4.78, 5) is 18.2. The highest BCUT2D eigenvalue weighted by molar-refractivity contribution is 5.97. The lowest BCUT2D eigenvalue weighted by atomic mass is 10.1. The predicted molar refractivity (Wildman–Crippen MR) is 157 cm³/mol. The summed E-state index contributed by atoms with van der Waals surface area (Å²) in [7, 11) is 3.33. The Labute approximate surface area is 230 Å². The van der Waals surface area contributed by atoms with Crippen LogP contribution in [0.2, 0.25) is 0 Å². The number of amides is 1. The number of benzene rings is 3. The van der Waals surface area contributed by atoms with E-state index >= 15 is 0 Å². The second-order valence-electron chi connectivity index (χ2n) is 9.70. The standard InChI is InChI=1S/C33H35N3O3/c1-25-31(33(37)35-21-19-34(20-22-35)18-8-11-26-9-5-4-6-10-26)24-32(27-14-16-29(38-2)17-15-27)36(25)28-12-7-13-30(23-28)39-3/h4-17,23-24H,18-22H2,1-3H3/b11-8+. The van der Waals surface area contributed by atoms with E-state index in [1.54, 1.807) is 14.2 Å². The molecule has 0 radical (unpaired) electrons. The minimum Gasteiger partial charge on any atom is -0.497 e. The van der Waals surface area contributed by atoms with Crippen LogP contribution in [0.4, 0.5) is 0 Å². The van der Waals surface area contributed by atoms with Crippen molar-refractivity contribution in [1.82, 2.24) is 14.4 Å². The highest BCUT2D eigenvalue weighted by Gasteiger charge is 2.26. The normalized spacial score (nSPS) is 14.1. The highest BCUT2D eigenvalue weighted by atomic mass is 16.5. The molecule has 1 fully saturated rings. The number of aromatic nitrogens is 1. The molecule has 0 spiro atoms. The molecular formula is C33H35N3O3. The molecule has 0 saturated carbocycles. The summed E-state index contributed by atoms with van der Waals surface area (Å²) in [6.07, 6.45) is 4.36. The Balaban J connectivity index is 1.37. The van der Waals surface area contributed by atoms with Crippen molar-refractivity contribution in [3.05, 3.63) is 108 Å². The Hall–Kier alpha value is -4.29. The van der Waals surface area contributed by atoms with Gasteiger partial charge in [-0.15, -0.1) is 0 Å². The molecule has 2 heterocycles. The van der Waals surface area contributed by atoms with Crippen molar-refractivity contribution in [2.24, 2.45) is 0 Å². The Morgan fingerprint density at radius 2 is 1.54 bits per heavy atom. The van der Waals surface area contributed by atoms with E-state index in [4.69, 9.17) is 9.47 Å². The molecule has 200 valence electrons. The minimum atomic E-state index is 0.0726. The average molecular weight is 522 g/mol. The van der Waals surface area contributed by atoms with Gasteiger partial charge in [-0.2, -0.15) is 0 Å². The van der Waals surface area contributed by atoms with Crippen molar-refractivity contribution in [1.29, 1.82) is 0 Å². The van der Waals surface area contributed by atoms with Crippen molar-refractivity contribution < 1.29 is 14.3 Å². The van der Waals surface area contributed by atoms with E-state index in [9.17, 15) is 4.79 Å². The maximum atomic E-state index is 13.8. The summed E-state index contributed by atoms with van der Waals surface area (Å²) in [5, 5.41) is 0. The lowest BCUT2D eigenvalue weighted by Crippen LogP contribution is -2.48. The Morgan fingerprint density at radius 1 is 0.821 bits per heavy atom. The fourth-order valence-corrected chi connectivity index (χ4v) is 5.09. The van der Waals surface area contributed by atoms with Gasteiger partial charge in [0.15, 0.2) is 0 Å². The molecule has 0 bridgehead atoms. The topological polar surface area (TPSA) is 46.9 Å². The van der Waals surface area contributed by atoms with E-state index in [0.717, 1.165) is 59.3 Å². The van der Waals surface area contributed by atoms with Gasteiger partial charge in [0, 0.05) is 50.2 Å². The Morgan fingerprint density at radius 3 is 2.23 bits per heavy atom. The molecule has 6 nitrogen and oxygen atoms in total. The lowest BCUT2D eigenvalue weighted by molar-refractivity contribution is 0.0649. The minimum absolute atomic E-state index is 0.0726. The van der Waals surface area contributed by atoms with Crippen molar-refractivity contribution in [3.63, 3.8) is 0 Å². The molecule has 0 N–H and O–H groups in total. The quantitative estimate of drug-likeness (QED) is 0.288. The number of carbonyl (C=O) groups is 1. The number of carbonyl (C=O) groups excluding carboxylic acids is 1. The van der Waals surface area contributed by atoms with Gasteiger partial charge in [0.05, 0.1) is 25.5 Å². The molecule has 1 amide bonds. The van der Waals surface area contributed by atoms with Crippen molar-refractivity contribution in [2.75, 3.05) is 46.9 Å². The summed E-state index contributed by atoms with van der Waals surface area (Å²) in [6, 6.07) is 28.2. The van der Waals surface area contributed by atoms with Crippen LogP contribution in [-0.4, -0.2) is 67.2 Å². The van der Waals surface area contributed by atoms with Gasteiger partial charge in [-0.25, -0.2) is 0 Å². The van der Waals surface area contributed by atoms with Crippen LogP contribution in [0, 0.1) is 6.92 Å². The van der Waals surface area contributed by atoms with Gasteiger partial charge >= 0.3 is 0 Å². The first-order valence-electron chi connectivity index (χ1n) is 13.3. The summed E-state index contributed by atoms with van der Waals surface area (Å²) in [5.74, 6) is 1.64. The number of nitrogens with zero attached hydrogens (tertiary/aromatic N) is 3. The van der Waals surface area contributed by atoms with Crippen LogP contribution in [0.25, 0.3) is 23.0 Å². The van der Waals surface area contributed by atoms with Gasteiger partial charge in [0.2, 0.25) is 0 Å². The fourth-order valence-electron chi connectivity index (χ4n) is 5.09. The molecule has 0 atom stereocenters. The number of hydrogen-bond donors (Lipinski definition) is 0. The van der Waals surface area contributed by atoms with Gasteiger partial charge in [0.25, 0.3) is 5.91 Å². The van der Waals surface area contributed by atoms with E-state index in [1.165, 1.54) is 5.56 Å². The van der Waals surface area contributed by atoms with E-state index in [0.29, 0.717) is 13.1 Å². The molecule has 1 aliphatic rings. The van der Waals surface area contributed by atoms with E-state index in [1.807, 2.05) is 84.6 Å². The number of methoxy groups -OCH3 is 2. The smallest absolute Gasteiger partial charge is 0.255 e. The van der Waals surface area contributed by atoms with Gasteiger partial charge in [-0.05, 0) is 60.5 Å². The van der Waals surface area contributed by atoms with Crippen LogP contribution in [0.5, 0.6) is 11.5 Å². The van der Waals surface area contributed by atoms with Crippen molar-refractivity contribution in [3.8, 4) is 28.4 Å². The summed E-state index contributed by atoms with van der Waals surface area (Å²) >= 11 is 0. The zero-order valence-electron chi connectivity index (χ0n) is 22.8. The van der Waals surface area contributed by atoms with Crippen LogP contribution >= 0.6 is 0 Å². The third kappa shape index (κ3) is 5.91. The zero-order chi connectivity index (χ0) is 27.2. The van der Waals surface area contributed by atoms with Gasteiger partial charge < -0.3 is 18.9 Å². The van der Waals surface area contributed by atoms with Crippen LogP contribution in [-0.2, 0) is 0 Å². The van der Waals surface area contributed by atoms with Crippen molar-refractivity contribution >= 4 is 12.0 Å². The molecule has 39 heavy (non-hydrogen) atoms. The summed E-state index contributed by atoms with van der Waals surface area (Å²) in [6.45, 7) is 6.02. The second-order valence-corrected chi connectivity index (χ2v) is 9.70. The van der Waals surface area contributed by atoms with Crippen LogP contribution in [0.15, 0.2) is 91.0 Å². The van der Waals surface area contributed by atoms with Crippen LogP contribution in [0.1, 0.15) is 21.6 Å². The average Bonchev–Trinajstić information content (AvgIpc) is 3.34. The van der Waals surface area contributed by atoms with Gasteiger partial charge in [-0.1, -0.05) is 48.6 Å². The molecule has 1 aromatic heterocycles. The summed E-state index contributed by atoms with van der Waals surface area (Å²) < 4.78 is 13.0. The number of ether oxygens (including phenoxy) is 2. The Kier molecular flexibility index (Phi) is 8.13. The number of rotatable bonds is 8. The molecule has 3 aromatic carbocycles. The van der Waals surface area contributed by atoms with Gasteiger partial charge in [-0.3, -0.25) is 9.69 Å². The first-order valence-corrected chi connectivity index (χ1v) is 13.3. The molecular weight excluding hydrogens is 486 g/mol. The second kappa shape index (κ2) is 12.0. The zero-order valence-corrected chi connectivity index (χ0v) is 22.8. The molecule has 1 aliphatic heterocycles. The fraction of sp³-hybridized carbons (Fsp3) is 0.242. The molecule has 6 heteroatoms. The van der Waals surface area contributed by atoms with E-state index in [2.05, 4.69) is 33.8 Å². The largest absolute Gasteiger partial charge is 0.497 e. The van der Waals surface area contributed by atoms with Gasteiger partial charge in [0.1, 0.15) is 11.5 Å². The van der Waals surface area contributed by atoms with Crippen molar-refractivity contribution in [2.45, 2.75) is 6.92 Å². The third-order valence-electron chi connectivity index (χ3n) is 7.31. The molecule has 1 saturated heterocycles. The number of piperazine rings is 1. The Bertz CT molecular complexity index is 1430. The third-order valence-corrected chi connectivity index (χ3v) is 7.31. The highest BCUT2D eigenvalue weighted by Crippen LogP contribution is 2.32. The maximum absolute atomic E-state index is 13.8. The predicted octanol–water partition coefficient (Wildman–Crippen LogP) is 5.94. The first-order chi connectivity index (χ1) is 19.1. The van der Waals surface area contributed by atoms with E-state index in [-0.39, 0.29) is 5.91 Å². The summed E-state index contributed by atoms with van der Waals surface area (Å²) in [5.41, 5.74) is 5.75. The lowest BCUT2D eigenvalue weighted by Gasteiger charge is -2.34. The molecule has 4 aromatic rings. The maximum Gasteiger partial charge on any atom is 0.255 e. The SMILES string of the molecule is COc1ccc(-c2cc(C(=O)N3CCN(C/C=C/c4ccccc4)CC3)c(C)n2-c2cccc(OC)c2)cc1. The first kappa shape index (κ1) is 26.3. The van der Waals surface area contributed by atoms with Crippen LogP contribution in [0.3, 0.4) is 0 Å². The molecule has 5 rings (SSSR count). The monoisotopic (exact) mass is 521 g/mol. The van der Waals surface area contributed by atoms with Crippen LogP contribution < -0.4 is 9.47 Å². The molecule has 0 unspecified atom stereocenters. The van der Waals surface area contributed by atoms with E-state index < -0.39 is 0 Å². The number of hydrogen-bond acceptors (Lipinski definition) is 4. The molecule has 0 aliphatic carbocycles.